The van der Waals surface area contributed by atoms with Crippen molar-refractivity contribution in [2.24, 2.45) is 0 Å². The lowest BCUT2D eigenvalue weighted by Crippen LogP contribution is -2.33. The van der Waals surface area contributed by atoms with Crippen molar-refractivity contribution in [2.45, 2.75) is 4.90 Å². The van der Waals surface area contributed by atoms with Crippen LogP contribution in [-0.4, -0.2) is 28.0 Å². The normalized spacial score (nSPS) is 11.3. The number of benzene rings is 3. The first kappa shape index (κ1) is 17.9. The second-order valence-corrected chi connectivity index (χ2v) is 7.31. The summed E-state index contributed by atoms with van der Waals surface area (Å²) in [6, 6.07) is 19.0. The van der Waals surface area contributed by atoms with Gasteiger partial charge in [-0.15, -0.1) is 0 Å². The van der Waals surface area contributed by atoms with Gasteiger partial charge in [-0.25, -0.2) is 13.1 Å². The number of rotatable bonds is 6. The molecule has 0 atom stereocenters. The van der Waals surface area contributed by atoms with Crippen LogP contribution in [0.25, 0.3) is 10.8 Å². The highest BCUT2D eigenvalue weighted by Crippen LogP contribution is 2.22. The van der Waals surface area contributed by atoms with Crippen molar-refractivity contribution in [1.29, 1.82) is 0 Å². The number of methoxy groups -OCH3 is 1. The molecule has 0 aliphatic heterocycles. The van der Waals surface area contributed by atoms with Gasteiger partial charge in [-0.3, -0.25) is 4.79 Å². The van der Waals surface area contributed by atoms with E-state index in [0.717, 1.165) is 5.39 Å². The minimum atomic E-state index is -3.82. The molecule has 0 spiro atoms. The fourth-order valence-corrected chi connectivity index (χ4v) is 3.76. The quantitative estimate of drug-likeness (QED) is 0.699. The Morgan fingerprint density at radius 3 is 2.38 bits per heavy atom. The van der Waals surface area contributed by atoms with Gasteiger partial charge in [0.15, 0.2) is 0 Å². The molecule has 3 aromatic carbocycles. The number of carbonyl (C=O) groups excluding carboxylic acids is 1. The molecule has 134 valence electrons. The first-order chi connectivity index (χ1) is 12.5. The van der Waals surface area contributed by atoms with Crippen LogP contribution in [-0.2, 0) is 14.8 Å². The average Bonchev–Trinajstić information content (AvgIpc) is 2.66. The van der Waals surface area contributed by atoms with E-state index in [9.17, 15) is 13.2 Å². The van der Waals surface area contributed by atoms with E-state index < -0.39 is 15.9 Å². The summed E-state index contributed by atoms with van der Waals surface area (Å²) >= 11 is 0. The van der Waals surface area contributed by atoms with Crippen LogP contribution in [0.2, 0.25) is 0 Å². The highest BCUT2D eigenvalue weighted by molar-refractivity contribution is 7.89. The molecule has 6 nitrogen and oxygen atoms in total. The molecule has 26 heavy (non-hydrogen) atoms. The van der Waals surface area contributed by atoms with Gasteiger partial charge in [0.1, 0.15) is 5.75 Å². The topological polar surface area (TPSA) is 84.5 Å². The molecule has 7 heteroatoms. The zero-order valence-corrected chi connectivity index (χ0v) is 14.9. The van der Waals surface area contributed by atoms with Crippen LogP contribution in [0.3, 0.4) is 0 Å². The number of ether oxygens (including phenoxy) is 1. The van der Waals surface area contributed by atoms with Crippen molar-refractivity contribution in [3.8, 4) is 5.75 Å². The molecule has 0 saturated carbocycles. The van der Waals surface area contributed by atoms with Crippen LogP contribution in [0.4, 0.5) is 5.69 Å². The van der Waals surface area contributed by atoms with Crippen LogP contribution in [0, 0.1) is 0 Å². The summed E-state index contributed by atoms with van der Waals surface area (Å²) in [5, 5.41) is 4.06. The predicted molar refractivity (Wildman–Crippen MR) is 101 cm³/mol. The molecule has 0 bridgehead atoms. The Kier molecular flexibility index (Phi) is 5.20. The summed E-state index contributed by atoms with van der Waals surface area (Å²) in [6.45, 7) is -0.364. The van der Waals surface area contributed by atoms with Crippen LogP contribution in [0.1, 0.15) is 0 Å². The SMILES string of the molecule is COc1ccc(NC(=O)CNS(=O)(=O)c2cccc3ccccc23)cc1. The number of carbonyl (C=O) groups is 1. The van der Waals surface area contributed by atoms with Crippen LogP contribution in [0.15, 0.2) is 71.6 Å². The molecule has 1 amide bonds. The molecule has 2 N–H and O–H groups in total. The molecule has 0 unspecified atom stereocenters. The van der Waals surface area contributed by atoms with Gasteiger partial charge >= 0.3 is 0 Å². The molecular formula is C19H18N2O4S. The molecule has 0 aromatic heterocycles. The van der Waals surface area contributed by atoms with E-state index in [1.54, 1.807) is 49.6 Å². The second-order valence-electron chi connectivity index (χ2n) is 5.58. The van der Waals surface area contributed by atoms with Crippen molar-refractivity contribution >= 4 is 32.4 Å². The van der Waals surface area contributed by atoms with E-state index in [1.165, 1.54) is 6.07 Å². The average molecular weight is 370 g/mol. The van der Waals surface area contributed by atoms with Gasteiger partial charge < -0.3 is 10.1 Å². The number of fused-ring (bicyclic) bond motifs is 1. The van der Waals surface area contributed by atoms with Gasteiger partial charge in [-0.2, -0.15) is 0 Å². The largest absolute Gasteiger partial charge is 0.497 e. The maximum atomic E-state index is 12.6. The third kappa shape index (κ3) is 4.01. The first-order valence-electron chi connectivity index (χ1n) is 7.91. The van der Waals surface area contributed by atoms with E-state index in [2.05, 4.69) is 10.0 Å². The molecule has 3 rings (SSSR count). The van der Waals surface area contributed by atoms with Gasteiger partial charge in [-0.1, -0.05) is 36.4 Å². The third-order valence-corrected chi connectivity index (χ3v) is 5.30. The fraction of sp³-hybridized carbons (Fsp3) is 0.105. The Labute approximate surface area is 151 Å². The highest BCUT2D eigenvalue weighted by Gasteiger charge is 2.18. The lowest BCUT2D eigenvalue weighted by molar-refractivity contribution is -0.115. The van der Waals surface area contributed by atoms with Gasteiger partial charge in [-0.05, 0) is 35.7 Å². The number of nitrogens with one attached hydrogen (secondary N) is 2. The Bertz CT molecular complexity index is 1030. The zero-order valence-electron chi connectivity index (χ0n) is 14.1. The van der Waals surface area contributed by atoms with E-state index in [-0.39, 0.29) is 11.4 Å². The van der Waals surface area contributed by atoms with Crippen molar-refractivity contribution in [3.63, 3.8) is 0 Å². The Hall–Kier alpha value is -2.90. The molecule has 0 saturated heterocycles. The Morgan fingerprint density at radius 1 is 0.962 bits per heavy atom. The minimum Gasteiger partial charge on any atom is -0.497 e. The minimum absolute atomic E-state index is 0.146. The summed E-state index contributed by atoms with van der Waals surface area (Å²) in [4.78, 5) is 12.2. The van der Waals surface area contributed by atoms with Gasteiger partial charge in [0, 0.05) is 11.1 Å². The van der Waals surface area contributed by atoms with Crippen molar-refractivity contribution in [3.05, 3.63) is 66.7 Å². The smallest absolute Gasteiger partial charge is 0.241 e. The number of amides is 1. The molecule has 0 heterocycles. The second kappa shape index (κ2) is 7.55. The predicted octanol–water partition coefficient (Wildman–Crippen LogP) is 2.77. The monoisotopic (exact) mass is 370 g/mol. The highest BCUT2D eigenvalue weighted by atomic mass is 32.2. The Balaban J connectivity index is 1.70. The summed E-state index contributed by atoms with van der Waals surface area (Å²) in [5.74, 6) is 0.207. The van der Waals surface area contributed by atoms with Crippen molar-refractivity contribution in [2.75, 3.05) is 19.0 Å². The van der Waals surface area contributed by atoms with Crippen LogP contribution in [0.5, 0.6) is 5.75 Å². The zero-order chi connectivity index (χ0) is 18.6. The summed E-state index contributed by atoms with van der Waals surface area (Å²) in [5.41, 5.74) is 0.556. The third-order valence-electron chi connectivity index (χ3n) is 3.84. The van der Waals surface area contributed by atoms with E-state index >= 15 is 0 Å². The number of anilines is 1. The molecule has 0 radical (unpaired) electrons. The number of hydrogen-bond donors (Lipinski definition) is 2. The van der Waals surface area contributed by atoms with E-state index in [0.29, 0.717) is 16.8 Å². The van der Waals surface area contributed by atoms with Gasteiger partial charge in [0.2, 0.25) is 15.9 Å². The summed E-state index contributed by atoms with van der Waals surface area (Å²) < 4.78 is 32.5. The number of hydrogen-bond acceptors (Lipinski definition) is 4. The molecule has 3 aromatic rings. The molecule has 0 fully saturated rings. The van der Waals surface area contributed by atoms with E-state index in [4.69, 9.17) is 4.74 Å². The maximum Gasteiger partial charge on any atom is 0.241 e. The summed E-state index contributed by atoms with van der Waals surface area (Å²) in [7, 11) is -2.26. The lowest BCUT2D eigenvalue weighted by atomic mass is 10.1. The van der Waals surface area contributed by atoms with Gasteiger partial charge in [0.25, 0.3) is 0 Å². The van der Waals surface area contributed by atoms with Crippen LogP contribution < -0.4 is 14.8 Å². The first-order valence-corrected chi connectivity index (χ1v) is 9.39. The molecular weight excluding hydrogens is 352 g/mol. The van der Waals surface area contributed by atoms with Crippen LogP contribution >= 0.6 is 0 Å². The van der Waals surface area contributed by atoms with Gasteiger partial charge in [0.05, 0.1) is 18.6 Å². The maximum absolute atomic E-state index is 12.6. The van der Waals surface area contributed by atoms with Crippen molar-refractivity contribution in [1.82, 2.24) is 4.72 Å². The lowest BCUT2D eigenvalue weighted by Gasteiger charge is -2.10. The number of sulfonamides is 1. The molecule has 0 aliphatic rings. The van der Waals surface area contributed by atoms with E-state index in [1.807, 2.05) is 18.2 Å². The Morgan fingerprint density at radius 2 is 1.65 bits per heavy atom. The fourth-order valence-electron chi connectivity index (χ4n) is 2.55. The summed E-state index contributed by atoms with van der Waals surface area (Å²) in [6.07, 6.45) is 0. The molecule has 0 aliphatic carbocycles. The van der Waals surface area contributed by atoms with Crippen molar-refractivity contribution < 1.29 is 17.9 Å². The standard InChI is InChI=1S/C19H18N2O4S/c1-25-16-11-9-15(10-12-16)21-19(22)13-20-26(23,24)18-8-4-6-14-5-2-3-7-17(14)18/h2-12,20H,13H2,1H3,(H,21,22).